The summed E-state index contributed by atoms with van der Waals surface area (Å²) in [6.07, 6.45) is 2.49. The van der Waals surface area contributed by atoms with E-state index in [0.717, 1.165) is 45.6 Å². The maximum Gasteiger partial charge on any atom is 0.259 e. The Hall–Kier alpha value is -2.85. The molecule has 0 bridgehead atoms. The monoisotopic (exact) mass is 457 g/mol. The molecule has 1 aromatic rings. The van der Waals surface area contributed by atoms with Crippen LogP contribution in [0.2, 0.25) is 0 Å². The molecule has 33 heavy (non-hydrogen) atoms. The summed E-state index contributed by atoms with van der Waals surface area (Å²) in [5, 5.41) is 7.83. The van der Waals surface area contributed by atoms with Crippen LogP contribution in [-0.2, 0) is 9.59 Å². The van der Waals surface area contributed by atoms with Gasteiger partial charge in [-0.25, -0.2) is 4.39 Å². The van der Waals surface area contributed by atoms with E-state index in [1.165, 1.54) is 6.07 Å². The van der Waals surface area contributed by atoms with Gasteiger partial charge in [0, 0.05) is 44.7 Å². The second-order valence-electron chi connectivity index (χ2n) is 9.31. The number of rotatable bonds is 4. The smallest absolute Gasteiger partial charge is 0.259 e. The molecule has 3 fully saturated rings. The maximum absolute atomic E-state index is 15.9. The van der Waals surface area contributed by atoms with Gasteiger partial charge in [0.05, 0.1) is 22.7 Å². The van der Waals surface area contributed by atoms with E-state index in [4.69, 9.17) is 0 Å². The first kappa shape index (κ1) is 22.0. The highest BCUT2D eigenvalue weighted by Gasteiger charge is 2.40. The average Bonchev–Trinajstić information content (AvgIpc) is 3.08. The summed E-state index contributed by atoms with van der Waals surface area (Å²) in [5.41, 5.74) is 0.168. The largest absolute Gasteiger partial charge is 0.367 e. The topological polar surface area (TPSA) is 111 Å². The number of hydrogen-bond acceptors (Lipinski definition) is 7. The van der Waals surface area contributed by atoms with Gasteiger partial charge in [-0.15, -0.1) is 0 Å². The molecule has 0 saturated carbocycles. The lowest BCUT2D eigenvalue weighted by Gasteiger charge is -2.39. The molecule has 9 nitrogen and oxygen atoms in total. The number of nitrogens with one attached hydrogen (secondary N) is 3. The van der Waals surface area contributed by atoms with Crippen LogP contribution >= 0.6 is 0 Å². The van der Waals surface area contributed by atoms with Crippen molar-refractivity contribution in [3.63, 3.8) is 0 Å². The molecule has 5 rings (SSSR count). The number of anilines is 1. The standard InChI is InChI=1S/C23H28FN5O4/c24-20-16(29-9-7-28(8-10-29)12-13-3-5-25-6-4-13)11-15-19(23(33)27-22(15)32)18(20)14-1-2-17(30)26-21(14)31/h11,13-14,25H,1-10,12H2,(H,26,30,31)(H,27,32,33). The van der Waals surface area contributed by atoms with Crippen LogP contribution in [-0.4, -0.2) is 74.3 Å². The minimum atomic E-state index is -0.991. The van der Waals surface area contributed by atoms with Gasteiger partial charge in [-0.05, 0) is 44.3 Å². The van der Waals surface area contributed by atoms with Crippen molar-refractivity contribution < 1.29 is 23.6 Å². The lowest BCUT2D eigenvalue weighted by atomic mass is 9.85. The van der Waals surface area contributed by atoms with Crippen molar-refractivity contribution in [3.05, 3.63) is 28.6 Å². The van der Waals surface area contributed by atoms with Gasteiger partial charge in [-0.1, -0.05) is 0 Å². The van der Waals surface area contributed by atoms with E-state index >= 15 is 4.39 Å². The summed E-state index contributed by atoms with van der Waals surface area (Å²) < 4.78 is 15.9. The second kappa shape index (κ2) is 8.83. The fourth-order valence-electron chi connectivity index (χ4n) is 5.45. The SMILES string of the molecule is O=C1CCC(c2c(F)c(N3CCN(CC4CCNCC4)CC3)cc3c2C(=O)NC3=O)C(=O)N1. The van der Waals surface area contributed by atoms with E-state index < -0.39 is 35.4 Å². The number of fused-ring (bicyclic) bond motifs is 1. The molecule has 1 aromatic carbocycles. The van der Waals surface area contributed by atoms with Crippen molar-refractivity contribution in [2.45, 2.75) is 31.6 Å². The molecule has 3 N–H and O–H groups in total. The Bertz CT molecular complexity index is 1010. The lowest BCUT2D eigenvalue weighted by Crippen LogP contribution is -2.49. The van der Waals surface area contributed by atoms with Gasteiger partial charge < -0.3 is 10.2 Å². The fraction of sp³-hybridized carbons (Fsp3) is 0.565. The number of nitrogens with zero attached hydrogens (tertiary/aromatic N) is 2. The number of carbonyl (C=O) groups is 4. The van der Waals surface area contributed by atoms with Gasteiger partial charge in [-0.2, -0.15) is 0 Å². The van der Waals surface area contributed by atoms with Crippen LogP contribution in [0.15, 0.2) is 6.07 Å². The van der Waals surface area contributed by atoms with Crippen molar-refractivity contribution in [1.82, 2.24) is 20.9 Å². The van der Waals surface area contributed by atoms with E-state index in [-0.39, 0.29) is 35.2 Å². The third-order valence-electron chi connectivity index (χ3n) is 7.26. The Kier molecular flexibility index (Phi) is 5.88. The minimum absolute atomic E-state index is 0.0553. The highest BCUT2D eigenvalue weighted by Crippen LogP contribution is 2.38. The number of amides is 4. The summed E-state index contributed by atoms with van der Waals surface area (Å²) in [4.78, 5) is 53.3. The fourth-order valence-corrected chi connectivity index (χ4v) is 5.45. The molecular weight excluding hydrogens is 429 g/mol. The van der Waals surface area contributed by atoms with E-state index in [0.29, 0.717) is 19.0 Å². The van der Waals surface area contributed by atoms with Crippen LogP contribution < -0.4 is 20.9 Å². The number of carbonyl (C=O) groups excluding carboxylic acids is 4. The number of piperidine rings is 2. The highest BCUT2D eigenvalue weighted by molar-refractivity contribution is 6.23. The molecular formula is C23H28FN5O4. The summed E-state index contributed by atoms with van der Waals surface area (Å²) in [7, 11) is 0. The van der Waals surface area contributed by atoms with Crippen LogP contribution in [0.1, 0.15) is 57.9 Å². The molecule has 1 atom stereocenters. The Morgan fingerprint density at radius 3 is 2.36 bits per heavy atom. The van der Waals surface area contributed by atoms with Crippen molar-refractivity contribution in [2.24, 2.45) is 5.92 Å². The number of halogens is 1. The van der Waals surface area contributed by atoms with Crippen molar-refractivity contribution in [3.8, 4) is 0 Å². The van der Waals surface area contributed by atoms with Crippen LogP contribution in [0.4, 0.5) is 10.1 Å². The van der Waals surface area contributed by atoms with E-state index in [1.807, 2.05) is 4.90 Å². The Labute approximate surface area is 191 Å². The van der Waals surface area contributed by atoms with Gasteiger partial charge in [-0.3, -0.25) is 34.7 Å². The van der Waals surface area contributed by atoms with Gasteiger partial charge >= 0.3 is 0 Å². The van der Waals surface area contributed by atoms with E-state index in [2.05, 4.69) is 20.9 Å². The lowest BCUT2D eigenvalue weighted by molar-refractivity contribution is -0.134. The molecule has 0 aromatic heterocycles. The first-order valence-corrected chi connectivity index (χ1v) is 11.7. The third-order valence-corrected chi connectivity index (χ3v) is 7.26. The predicted molar refractivity (Wildman–Crippen MR) is 118 cm³/mol. The van der Waals surface area contributed by atoms with Crippen LogP contribution in [0.3, 0.4) is 0 Å². The molecule has 1 unspecified atom stereocenters. The first-order valence-electron chi connectivity index (χ1n) is 11.7. The number of piperazine rings is 1. The zero-order chi connectivity index (χ0) is 23.1. The Balaban J connectivity index is 1.41. The molecule has 4 amide bonds. The van der Waals surface area contributed by atoms with Crippen LogP contribution in [0.5, 0.6) is 0 Å². The molecule has 10 heteroatoms. The zero-order valence-electron chi connectivity index (χ0n) is 18.4. The Morgan fingerprint density at radius 1 is 0.939 bits per heavy atom. The number of imide groups is 2. The molecule has 176 valence electrons. The van der Waals surface area contributed by atoms with Crippen LogP contribution in [0, 0.1) is 11.7 Å². The molecule has 4 aliphatic heterocycles. The molecule has 4 heterocycles. The van der Waals surface area contributed by atoms with Gasteiger partial charge in [0.25, 0.3) is 11.8 Å². The third kappa shape index (κ3) is 4.13. The molecule has 4 aliphatic rings. The van der Waals surface area contributed by atoms with Gasteiger partial charge in [0.15, 0.2) is 5.82 Å². The minimum Gasteiger partial charge on any atom is -0.367 e. The second-order valence-corrected chi connectivity index (χ2v) is 9.31. The van der Waals surface area contributed by atoms with Crippen LogP contribution in [0.25, 0.3) is 0 Å². The van der Waals surface area contributed by atoms with E-state index in [1.54, 1.807) is 0 Å². The normalized spacial score (nSPS) is 24.6. The number of benzene rings is 1. The summed E-state index contributed by atoms with van der Waals surface area (Å²) in [6.45, 7) is 5.86. The quantitative estimate of drug-likeness (QED) is 0.560. The summed E-state index contributed by atoms with van der Waals surface area (Å²) in [5.74, 6) is -3.32. The maximum atomic E-state index is 15.9. The molecule has 0 spiro atoms. The predicted octanol–water partition coefficient (Wildman–Crippen LogP) is 0.351. The molecule has 3 saturated heterocycles. The van der Waals surface area contributed by atoms with Crippen molar-refractivity contribution >= 4 is 29.3 Å². The molecule has 0 radical (unpaired) electrons. The first-order chi connectivity index (χ1) is 15.9. The summed E-state index contributed by atoms with van der Waals surface area (Å²) >= 11 is 0. The summed E-state index contributed by atoms with van der Waals surface area (Å²) in [6, 6.07) is 1.43. The van der Waals surface area contributed by atoms with Gasteiger partial charge in [0.1, 0.15) is 0 Å². The van der Waals surface area contributed by atoms with Crippen molar-refractivity contribution in [2.75, 3.05) is 50.7 Å². The number of hydrogen-bond donors (Lipinski definition) is 3. The zero-order valence-corrected chi connectivity index (χ0v) is 18.4. The van der Waals surface area contributed by atoms with Gasteiger partial charge in [0.2, 0.25) is 11.8 Å². The average molecular weight is 458 g/mol. The van der Waals surface area contributed by atoms with Crippen molar-refractivity contribution in [1.29, 1.82) is 0 Å². The molecule has 0 aliphatic carbocycles. The Morgan fingerprint density at radius 2 is 1.67 bits per heavy atom. The van der Waals surface area contributed by atoms with E-state index in [9.17, 15) is 19.2 Å². The highest BCUT2D eigenvalue weighted by atomic mass is 19.1.